The van der Waals surface area contributed by atoms with Crippen molar-refractivity contribution in [3.05, 3.63) is 29.8 Å². The number of phenols is 2. The molecule has 4 nitrogen and oxygen atoms in total. The van der Waals surface area contributed by atoms with Crippen LogP contribution in [-0.4, -0.2) is 16.2 Å². The molecule has 0 spiro atoms. The summed E-state index contributed by atoms with van der Waals surface area (Å²) >= 11 is 0. The molecule has 1 rings (SSSR count). The van der Waals surface area contributed by atoms with Crippen LogP contribution in [0.15, 0.2) is 24.3 Å². The Labute approximate surface area is 123 Å². The average molecular weight is 218 g/mol. The van der Waals surface area contributed by atoms with Crippen molar-refractivity contribution in [1.82, 2.24) is 0 Å². The van der Waals surface area contributed by atoms with Crippen molar-refractivity contribution < 1.29 is 71.5 Å². The summed E-state index contributed by atoms with van der Waals surface area (Å²) in [5.41, 5.74) is 0.472. The molecule has 0 heterocycles. The van der Waals surface area contributed by atoms with Crippen LogP contribution in [0.2, 0.25) is 0 Å². The van der Waals surface area contributed by atoms with Gasteiger partial charge < -0.3 is 20.1 Å². The predicted octanol–water partition coefficient (Wildman–Crippen LogP) is -3.14. The van der Waals surface area contributed by atoms with Gasteiger partial charge in [0.15, 0.2) is 11.5 Å². The van der Waals surface area contributed by atoms with E-state index in [-0.39, 0.29) is 62.9 Å². The number of carbonyl (C=O) groups is 1. The van der Waals surface area contributed by atoms with Gasteiger partial charge in [0.05, 0.1) is 5.97 Å². The van der Waals surface area contributed by atoms with Gasteiger partial charge in [-0.25, -0.2) is 0 Å². The molecule has 0 saturated heterocycles. The quantitative estimate of drug-likeness (QED) is 0.312. The van der Waals surface area contributed by atoms with E-state index in [1.54, 1.807) is 0 Å². The van der Waals surface area contributed by atoms with Crippen LogP contribution in [0.4, 0.5) is 0 Å². The molecule has 68 valence electrons. The van der Waals surface area contributed by atoms with Crippen molar-refractivity contribution in [3.8, 4) is 11.5 Å². The zero-order chi connectivity index (χ0) is 9.84. The molecule has 0 aliphatic rings. The van der Waals surface area contributed by atoms with Crippen LogP contribution >= 0.6 is 0 Å². The number of carboxylic acid groups (broad SMARTS) is 1. The van der Waals surface area contributed by atoms with E-state index in [2.05, 4.69) is 0 Å². The average Bonchev–Trinajstić information content (AvgIpc) is 2.07. The molecule has 1 aromatic carbocycles. The van der Waals surface area contributed by atoms with Gasteiger partial charge in [0.1, 0.15) is 0 Å². The molecule has 0 amide bonds. The van der Waals surface area contributed by atoms with E-state index in [1.807, 2.05) is 0 Å². The zero-order valence-electron chi connectivity index (χ0n) is 7.60. The van der Waals surface area contributed by atoms with Crippen LogP contribution < -0.4 is 56.5 Å². The maximum absolute atomic E-state index is 10.0. The first-order chi connectivity index (χ1) is 6.09. The third kappa shape index (κ3) is 4.25. The number of carbonyl (C=O) groups excluding carboxylic acids is 1. The minimum Gasteiger partial charge on any atom is -0.545 e. The first-order valence-electron chi connectivity index (χ1n) is 3.50. The van der Waals surface area contributed by atoms with Crippen molar-refractivity contribution in [2.24, 2.45) is 0 Å². The normalized spacial score (nSPS) is 9.71. The smallest absolute Gasteiger partial charge is 0.545 e. The summed E-state index contributed by atoms with van der Waals surface area (Å²) < 4.78 is 0. The maximum atomic E-state index is 10.0. The van der Waals surface area contributed by atoms with Crippen LogP contribution in [-0.2, 0) is 4.79 Å². The number of aliphatic carboxylic acids is 1. The minimum atomic E-state index is -1.31. The number of carboxylic acids is 1. The van der Waals surface area contributed by atoms with Crippen LogP contribution in [0.25, 0.3) is 6.08 Å². The van der Waals surface area contributed by atoms with Crippen LogP contribution in [0.3, 0.4) is 0 Å². The molecule has 1 aromatic rings. The molecule has 14 heavy (non-hydrogen) atoms. The van der Waals surface area contributed by atoms with E-state index in [1.165, 1.54) is 24.3 Å². The van der Waals surface area contributed by atoms with Gasteiger partial charge >= 0.3 is 51.4 Å². The fourth-order valence-electron chi connectivity index (χ4n) is 0.808. The molecule has 0 bridgehead atoms. The Morgan fingerprint density at radius 3 is 2.43 bits per heavy atom. The number of phenolic OH excluding ortho intramolecular Hbond substituents is 2. The maximum Gasteiger partial charge on any atom is 1.00 e. The Morgan fingerprint density at radius 1 is 1.29 bits per heavy atom. The Kier molecular flexibility index (Phi) is 6.06. The van der Waals surface area contributed by atoms with Gasteiger partial charge in [-0.05, 0) is 23.8 Å². The zero-order valence-corrected chi connectivity index (χ0v) is 10.7. The van der Waals surface area contributed by atoms with Gasteiger partial charge in [-0.15, -0.1) is 0 Å². The van der Waals surface area contributed by atoms with Crippen molar-refractivity contribution in [3.63, 3.8) is 0 Å². The Bertz CT molecular complexity index is 360. The van der Waals surface area contributed by atoms with E-state index < -0.39 is 5.97 Å². The molecule has 0 saturated carbocycles. The first kappa shape index (κ1) is 13.7. The minimum absolute atomic E-state index is 0. The summed E-state index contributed by atoms with van der Waals surface area (Å²) in [6, 6.07) is 3.98. The van der Waals surface area contributed by atoms with Gasteiger partial charge in [0, 0.05) is 0 Å². The van der Waals surface area contributed by atoms with Gasteiger partial charge in [0.25, 0.3) is 0 Å². The summed E-state index contributed by atoms with van der Waals surface area (Å²) in [6.45, 7) is 0. The van der Waals surface area contributed by atoms with Gasteiger partial charge in [-0.3, -0.25) is 0 Å². The summed E-state index contributed by atoms with van der Waals surface area (Å²) in [7, 11) is 0. The molecule has 0 aliphatic carbocycles. The van der Waals surface area contributed by atoms with E-state index in [0.717, 1.165) is 6.08 Å². The summed E-state index contributed by atoms with van der Waals surface area (Å²) in [5, 5.41) is 28.0. The summed E-state index contributed by atoms with van der Waals surface area (Å²) in [5.74, 6) is -1.85. The standard InChI is InChI=1S/C9H8O4.K/c10-7-3-1-6(5-8(7)11)2-4-9(12)13;/h1-5,10-11H,(H,12,13);/q;+1/p-1. The number of aromatic hydroxyl groups is 2. The fourth-order valence-corrected chi connectivity index (χ4v) is 0.808. The van der Waals surface area contributed by atoms with Crippen molar-refractivity contribution in [2.45, 2.75) is 0 Å². The molecule has 2 N–H and O–H groups in total. The van der Waals surface area contributed by atoms with E-state index in [4.69, 9.17) is 10.2 Å². The molecule has 5 heteroatoms. The van der Waals surface area contributed by atoms with E-state index >= 15 is 0 Å². The van der Waals surface area contributed by atoms with Gasteiger partial charge in [0.2, 0.25) is 0 Å². The molecular weight excluding hydrogens is 211 g/mol. The van der Waals surface area contributed by atoms with E-state index in [9.17, 15) is 9.90 Å². The number of rotatable bonds is 2. The SMILES string of the molecule is O=C([O-])C=Cc1ccc(O)c(O)c1.[K+]. The van der Waals surface area contributed by atoms with Crippen molar-refractivity contribution in [2.75, 3.05) is 0 Å². The topological polar surface area (TPSA) is 80.6 Å². The second-order valence-corrected chi connectivity index (χ2v) is 2.40. The van der Waals surface area contributed by atoms with Crippen molar-refractivity contribution in [1.29, 1.82) is 0 Å². The molecule has 0 atom stereocenters. The molecule has 0 unspecified atom stereocenters. The second kappa shape index (κ2) is 6.21. The first-order valence-corrected chi connectivity index (χ1v) is 3.50. The fraction of sp³-hybridized carbons (Fsp3) is 0. The van der Waals surface area contributed by atoms with Crippen LogP contribution in [0.5, 0.6) is 11.5 Å². The molecule has 0 aliphatic heterocycles. The molecule has 0 radical (unpaired) electrons. The number of hydrogen-bond acceptors (Lipinski definition) is 4. The molecular formula is C9H7KO4. The third-order valence-corrected chi connectivity index (χ3v) is 1.41. The molecule has 0 fully saturated rings. The summed E-state index contributed by atoms with van der Waals surface area (Å²) in [6.07, 6.45) is 2.10. The largest absolute Gasteiger partial charge is 1.00 e. The van der Waals surface area contributed by atoms with Gasteiger partial charge in [-0.2, -0.15) is 0 Å². The monoisotopic (exact) mass is 218 g/mol. The van der Waals surface area contributed by atoms with E-state index in [0.29, 0.717) is 5.56 Å². The Morgan fingerprint density at radius 2 is 1.93 bits per heavy atom. The van der Waals surface area contributed by atoms with Crippen LogP contribution in [0, 0.1) is 0 Å². The number of hydrogen-bond donors (Lipinski definition) is 2. The predicted molar refractivity (Wildman–Crippen MR) is 43.8 cm³/mol. The number of benzene rings is 1. The molecule has 0 aromatic heterocycles. The second-order valence-electron chi connectivity index (χ2n) is 2.40. The third-order valence-electron chi connectivity index (χ3n) is 1.41. The Hall–Kier alpha value is -0.334. The van der Waals surface area contributed by atoms with Crippen LogP contribution in [0.1, 0.15) is 5.56 Å². The summed E-state index contributed by atoms with van der Waals surface area (Å²) in [4.78, 5) is 10.0. The Balaban J connectivity index is 0.00000169. The van der Waals surface area contributed by atoms with Crippen molar-refractivity contribution >= 4 is 12.0 Å². The van der Waals surface area contributed by atoms with Gasteiger partial charge in [-0.1, -0.05) is 12.1 Å².